The average molecular weight is 558 g/mol. The standard InChI is InChI=1S/C21H33F3N4O2.HI/c1-4-25-20(26-12-17(3)14-28-7-9-29-10-8-28)27-13-18-6-5-16(2)11-19(18)30-15-21(22,23)24;/h5-6,11,17H,4,7-10,12-15H2,1-3H3,(H2,25,26,27);1H. The van der Waals surface area contributed by atoms with E-state index < -0.39 is 12.8 Å². The van der Waals surface area contributed by atoms with Crippen LogP contribution in [0, 0.1) is 12.8 Å². The lowest BCUT2D eigenvalue weighted by atomic mass is 10.1. The first-order valence-corrected chi connectivity index (χ1v) is 10.4. The Morgan fingerprint density at radius 2 is 1.97 bits per heavy atom. The highest BCUT2D eigenvalue weighted by Gasteiger charge is 2.28. The van der Waals surface area contributed by atoms with Crippen molar-refractivity contribution in [2.45, 2.75) is 33.5 Å². The van der Waals surface area contributed by atoms with Gasteiger partial charge in [-0.3, -0.25) is 4.90 Å². The number of ether oxygens (including phenoxy) is 2. The minimum Gasteiger partial charge on any atom is -0.484 e. The van der Waals surface area contributed by atoms with Crippen LogP contribution in [0.3, 0.4) is 0 Å². The van der Waals surface area contributed by atoms with Gasteiger partial charge < -0.3 is 20.1 Å². The summed E-state index contributed by atoms with van der Waals surface area (Å²) in [6, 6.07) is 5.21. The van der Waals surface area contributed by atoms with Gasteiger partial charge in [-0.2, -0.15) is 13.2 Å². The van der Waals surface area contributed by atoms with Crippen LogP contribution in [0.15, 0.2) is 23.2 Å². The number of alkyl halides is 3. The maximum absolute atomic E-state index is 12.5. The van der Waals surface area contributed by atoms with E-state index in [9.17, 15) is 13.2 Å². The molecule has 0 spiro atoms. The summed E-state index contributed by atoms with van der Waals surface area (Å²) in [5.74, 6) is 1.26. The predicted molar refractivity (Wildman–Crippen MR) is 127 cm³/mol. The third-order valence-corrected chi connectivity index (χ3v) is 4.66. The summed E-state index contributed by atoms with van der Waals surface area (Å²) in [5.41, 5.74) is 1.45. The topological polar surface area (TPSA) is 58.1 Å². The first-order valence-electron chi connectivity index (χ1n) is 10.4. The number of hydrogen-bond acceptors (Lipinski definition) is 4. The first-order chi connectivity index (χ1) is 14.3. The van der Waals surface area contributed by atoms with E-state index in [2.05, 4.69) is 27.4 Å². The van der Waals surface area contributed by atoms with E-state index in [0.717, 1.165) is 45.0 Å². The lowest BCUT2D eigenvalue weighted by Gasteiger charge is -2.29. The van der Waals surface area contributed by atoms with Gasteiger partial charge in [-0.15, -0.1) is 24.0 Å². The monoisotopic (exact) mass is 558 g/mol. The minimum atomic E-state index is -4.38. The molecule has 1 aromatic rings. The van der Waals surface area contributed by atoms with Crippen molar-refractivity contribution in [1.82, 2.24) is 15.5 Å². The number of benzene rings is 1. The largest absolute Gasteiger partial charge is 0.484 e. The molecule has 0 aromatic heterocycles. The van der Waals surface area contributed by atoms with Crippen LogP contribution >= 0.6 is 24.0 Å². The zero-order valence-electron chi connectivity index (χ0n) is 18.4. The Morgan fingerprint density at radius 3 is 2.61 bits per heavy atom. The van der Waals surface area contributed by atoms with Crippen LogP contribution in [0.5, 0.6) is 5.75 Å². The number of nitrogens with zero attached hydrogens (tertiary/aromatic N) is 2. The molecule has 1 unspecified atom stereocenters. The molecule has 2 rings (SSSR count). The molecule has 1 fully saturated rings. The van der Waals surface area contributed by atoms with Crippen molar-refractivity contribution < 1.29 is 22.6 Å². The van der Waals surface area contributed by atoms with Crippen molar-refractivity contribution in [2.24, 2.45) is 10.9 Å². The Labute approximate surface area is 200 Å². The second-order valence-electron chi connectivity index (χ2n) is 7.61. The molecule has 1 heterocycles. The van der Waals surface area contributed by atoms with E-state index >= 15 is 0 Å². The molecule has 1 aliphatic rings. The minimum absolute atomic E-state index is 0. The van der Waals surface area contributed by atoms with Gasteiger partial charge in [0.25, 0.3) is 0 Å². The van der Waals surface area contributed by atoms with Gasteiger partial charge in [0.15, 0.2) is 12.6 Å². The normalized spacial score (nSPS) is 16.4. The first kappa shape index (κ1) is 27.8. The zero-order chi connectivity index (χ0) is 22.0. The third-order valence-electron chi connectivity index (χ3n) is 4.66. The van der Waals surface area contributed by atoms with Gasteiger partial charge in [0.1, 0.15) is 5.75 Å². The van der Waals surface area contributed by atoms with Gasteiger partial charge in [0, 0.05) is 38.3 Å². The Kier molecular flexibility index (Phi) is 12.5. The van der Waals surface area contributed by atoms with Crippen LogP contribution in [-0.2, 0) is 11.3 Å². The molecule has 2 N–H and O–H groups in total. The van der Waals surface area contributed by atoms with E-state index in [4.69, 9.17) is 9.47 Å². The lowest BCUT2D eigenvalue weighted by molar-refractivity contribution is -0.153. The Bertz CT molecular complexity index is 683. The summed E-state index contributed by atoms with van der Waals surface area (Å²) in [6.45, 7) is 10.7. The maximum atomic E-state index is 12.5. The Hall–Kier alpha value is -1.27. The number of morpholine rings is 1. The number of aryl methyl sites for hydroxylation is 1. The summed E-state index contributed by atoms with van der Waals surface area (Å²) in [7, 11) is 0. The van der Waals surface area contributed by atoms with Crippen LogP contribution < -0.4 is 15.4 Å². The van der Waals surface area contributed by atoms with Crippen molar-refractivity contribution in [3.05, 3.63) is 29.3 Å². The molecule has 1 aromatic carbocycles. The van der Waals surface area contributed by atoms with Crippen molar-refractivity contribution in [2.75, 3.05) is 52.5 Å². The van der Waals surface area contributed by atoms with Crippen LogP contribution in [0.4, 0.5) is 13.2 Å². The molecule has 0 saturated carbocycles. The highest BCUT2D eigenvalue weighted by Crippen LogP contribution is 2.24. The van der Waals surface area contributed by atoms with Crippen molar-refractivity contribution in [3.8, 4) is 5.75 Å². The smallest absolute Gasteiger partial charge is 0.422 e. The molecule has 0 bridgehead atoms. The SMILES string of the molecule is CCNC(=NCc1ccc(C)cc1OCC(F)(F)F)NCC(C)CN1CCOCC1.I. The van der Waals surface area contributed by atoms with Gasteiger partial charge in [0.2, 0.25) is 0 Å². The van der Waals surface area contributed by atoms with Crippen molar-refractivity contribution in [3.63, 3.8) is 0 Å². The molecule has 6 nitrogen and oxygen atoms in total. The van der Waals surface area contributed by atoms with Gasteiger partial charge in [-0.1, -0.05) is 19.1 Å². The summed E-state index contributed by atoms with van der Waals surface area (Å²) >= 11 is 0. The van der Waals surface area contributed by atoms with Crippen molar-refractivity contribution in [1.29, 1.82) is 0 Å². The highest BCUT2D eigenvalue weighted by molar-refractivity contribution is 14.0. The van der Waals surface area contributed by atoms with Crippen molar-refractivity contribution >= 4 is 29.9 Å². The van der Waals surface area contributed by atoms with Gasteiger partial charge in [0.05, 0.1) is 19.8 Å². The van der Waals surface area contributed by atoms with E-state index in [1.165, 1.54) is 0 Å². The number of nitrogens with one attached hydrogen (secondary N) is 2. The fourth-order valence-electron chi connectivity index (χ4n) is 3.15. The number of halogens is 4. The third kappa shape index (κ3) is 11.2. The molecule has 1 aliphatic heterocycles. The highest BCUT2D eigenvalue weighted by atomic mass is 127. The number of rotatable bonds is 9. The fourth-order valence-corrected chi connectivity index (χ4v) is 3.15. The van der Waals surface area contributed by atoms with Gasteiger partial charge >= 0.3 is 6.18 Å². The van der Waals surface area contributed by atoms with E-state index in [1.54, 1.807) is 12.1 Å². The van der Waals surface area contributed by atoms with Crippen LogP contribution in [0.1, 0.15) is 25.0 Å². The molecule has 1 saturated heterocycles. The van der Waals surface area contributed by atoms with E-state index in [0.29, 0.717) is 24.0 Å². The number of aliphatic imine (C=N–C) groups is 1. The second kappa shape index (κ2) is 14.0. The quantitative estimate of drug-likeness (QED) is 0.276. The zero-order valence-corrected chi connectivity index (χ0v) is 20.8. The molecule has 0 radical (unpaired) electrons. The molecule has 31 heavy (non-hydrogen) atoms. The summed E-state index contributed by atoms with van der Waals surface area (Å²) in [4.78, 5) is 6.92. The predicted octanol–water partition coefficient (Wildman–Crippen LogP) is 3.58. The van der Waals surface area contributed by atoms with Gasteiger partial charge in [-0.25, -0.2) is 4.99 Å². The molecule has 0 amide bonds. The maximum Gasteiger partial charge on any atom is 0.422 e. The lowest BCUT2D eigenvalue weighted by Crippen LogP contribution is -2.44. The molecule has 0 aliphatic carbocycles. The summed E-state index contributed by atoms with van der Waals surface area (Å²) in [5, 5.41) is 6.51. The van der Waals surface area contributed by atoms with E-state index in [-0.39, 0.29) is 36.3 Å². The number of hydrogen-bond donors (Lipinski definition) is 2. The molecule has 10 heteroatoms. The van der Waals surface area contributed by atoms with Crippen LogP contribution in [0.25, 0.3) is 0 Å². The molecule has 178 valence electrons. The summed E-state index contributed by atoms with van der Waals surface area (Å²) < 4.78 is 48.0. The Morgan fingerprint density at radius 1 is 1.26 bits per heavy atom. The average Bonchev–Trinajstić information content (AvgIpc) is 2.69. The van der Waals surface area contributed by atoms with Crippen LogP contribution in [-0.4, -0.2) is 69.6 Å². The fraction of sp³-hybridized carbons (Fsp3) is 0.667. The van der Waals surface area contributed by atoms with E-state index in [1.807, 2.05) is 19.9 Å². The molecule has 1 atom stereocenters. The molecular formula is C21H34F3IN4O2. The Balaban J connectivity index is 0.00000480. The number of guanidine groups is 1. The van der Waals surface area contributed by atoms with Crippen LogP contribution in [0.2, 0.25) is 0 Å². The second-order valence-corrected chi connectivity index (χ2v) is 7.61. The van der Waals surface area contributed by atoms with Gasteiger partial charge in [-0.05, 0) is 31.4 Å². The summed E-state index contributed by atoms with van der Waals surface area (Å²) in [6.07, 6.45) is -4.38. The molecular weight excluding hydrogens is 524 g/mol.